The van der Waals surface area contributed by atoms with E-state index in [9.17, 15) is 4.79 Å². The van der Waals surface area contributed by atoms with Crippen LogP contribution >= 0.6 is 0 Å². The number of carbonyl (C=O) groups is 1. The van der Waals surface area contributed by atoms with Gasteiger partial charge in [0, 0.05) is 62.4 Å². The summed E-state index contributed by atoms with van der Waals surface area (Å²) in [6.07, 6.45) is 8.83. The van der Waals surface area contributed by atoms with Crippen molar-refractivity contribution >= 4 is 5.91 Å². The van der Waals surface area contributed by atoms with E-state index in [4.69, 9.17) is 4.74 Å². The predicted octanol–water partition coefficient (Wildman–Crippen LogP) is 2.83. The zero-order chi connectivity index (χ0) is 20.8. The number of hydrogen-bond acceptors (Lipinski definition) is 6. The van der Waals surface area contributed by atoms with Gasteiger partial charge in [0.1, 0.15) is 5.75 Å². The number of pyridine rings is 1. The minimum atomic E-state index is 0.130. The second kappa shape index (κ2) is 9.45. The Labute approximate surface area is 176 Å². The number of benzene rings is 1. The molecule has 4 rings (SSSR count). The highest BCUT2D eigenvalue weighted by Crippen LogP contribution is 2.26. The highest BCUT2D eigenvalue weighted by Gasteiger charge is 2.23. The molecular formula is C23H25N5O2. The van der Waals surface area contributed by atoms with Crippen LogP contribution < -0.4 is 10.1 Å². The summed E-state index contributed by atoms with van der Waals surface area (Å²) in [6, 6.07) is 11.9. The summed E-state index contributed by atoms with van der Waals surface area (Å²) >= 11 is 0. The monoisotopic (exact) mass is 403 g/mol. The maximum atomic E-state index is 11.6. The second-order valence-electron chi connectivity index (χ2n) is 7.45. The molecule has 2 aromatic heterocycles. The summed E-state index contributed by atoms with van der Waals surface area (Å²) < 4.78 is 5.42. The van der Waals surface area contributed by atoms with Crippen molar-refractivity contribution in [2.24, 2.45) is 0 Å². The second-order valence-corrected chi connectivity index (χ2v) is 7.45. The van der Waals surface area contributed by atoms with Gasteiger partial charge in [0.05, 0.1) is 12.7 Å². The van der Waals surface area contributed by atoms with Crippen molar-refractivity contribution in [1.29, 1.82) is 0 Å². The standard InChI is InChI=1S/C23H25N5O2/c1-30-21-7-3-2-6-20(21)23-25-12-18(13-26-23)15-28(14-17-5-4-10-24-11-17)16-19-8-9-22(29)27-19/h2-7,10-13,19H,8-9,14-16H2,1H3,(H,27,29)/t19-/m0/s1. The van der Waals surface area contributed by atoms with Crippen LogP contribution in [0.25, 0.3) is 11.4 Å². The summed E-state index contributed by atoms with van der Waals surface area (Å²) in [5.41, 5.74) is 3.02. The molecule has 30 heavy (non-hydrogen) atoms. The molecule has 0 unspecified atom stereocenters. The molecule has 3 heterocycles. The Kier molecular flexibility index (Phi) is 6.29. The zero-order valence-corrected chi connectivity index (χ0v) is 17.0. The van der Waals surface area contributed by atoms with Crippen LogP contribution in [0.5, 0.6) is 5.75 Å². The molecule has 1 aliphatic rings. The minimum Gasteiger partial charge on any atom is -0.496 e. The quantitative estimate of drug-likeness (QED) is 0.623. The molecule has 7 nitrogen and oxygen atoms in total. The van der Waals surface area contributed by atoms with E-state index in [1.54, 1.807) is 13.3 Å². The fraction of sp³-hybridized carbons (Fsp3) is 0.304. The number of carbonyl (C=O) groups excluding carboxylic acids is 1. The van der Waals surface area contributed by atoms with Crippen LogP contribution in [-0.4, -0.2) is 45.5 Å². The summed E-state index contributed by atoms with van der Waals surface area (Å²) in [7, 11) is 1.64. The smallest absolute Gasteiger partial charge is 0.220 e. The van der Waals surface area contributed by atoms with Gasteiger partial charge in [-0.25, -0.2) is 9.97 Å². The number of amides is 1. The summed E-state index contributed by atoms with van der Waals surface area (Å²) in [4.78, 5) is 27.2. The number of ether oxygens (including phenoxy) is 1. The van der Waals surface area contributed by atoms with Crippen LogP contribution in [0.1, 0.15) is 24.0 Å². The van der Waals surface area contributed by atoms with Crippen LogP contribution in [0.4, 0.5) is 0 Å². The third-order valence-electron chi connectivity index (χ3n) is 5.15. The minimum absolute atomic E-state index is 0.130. The van der Waals surface area contributed by atoms with Gasteiger partial charge in [0.25, 0.3) is 0 Å². The van der Waals surface area contributed by atoms with Gasteiger partial charge in [-0.05, 0) is 30.2 Å². The lowest BCUT2D eigenvalue weighted by Gasteiger charge is -2.25. The van der Waals surface area contributed by atoms with Gasteiger partial charge < -0.3 is 10.1 Å². The fourth-order valence-corrected chi connectivity index (χ4v) is 3.72. The molecule has 154 valence electrons. The molecule has 0 aliphatic carbocycles. The van der Waals surface area contributed by atoms with Crippen LogP contribution in [0.15, 0.2) is 61.2 Å². The lowest BCUT2D eigenvalue weighted by atomic mass is 10.1. The maximum Gasteiger partial charge on any atom is 0.220 e. The third kappa shape index (κ3) is 4.99. The van der Waals surface area contributed by atoms with Gasteiger partial charge in [0.2, 0.25) is 5.91 Å². The van der Waals surface area contributed by atoms with E-state index in [1.807, 2.05) is 48.9 Å². The Morgan fingerprint density at radius 2 is 1.87 bits per heavy atom. The summed E-state index contributed by atoms with van der Waals surface area (Å²) in [5, 5.41) is 3.06. The number of rotatable bonds is 8. The van der Waals surface area contributed by atoms with E-state index in [-0.39, 0.29) is 11.9 Å². The van der Waals surface area contributed by atoms with Gasteiger partial charge in [-0.2, -0.15) is 0 Å². The van der Waals surface area contributed by atoms with Gasteiger partial charge in [-0.3, -0.25) is 14.7 Å². The molecule has 1 aromatic carbocycles. The first-order valence-electron chi connectivity index (χ1n) is 10.1. The molecule has 1 saturated heterocycles. The molecule has 3 aromatic rings. The molecule has 1 N–H and O–H groups in total. The van der Waals surface area contributed by atoms with Gasteiger partial charge in [0.15, 0.2) is 5.82 Å². The topological polar surface area (TPSA) is 80.2 Å². The molecule has 1 fully saturated rings. The van der Waals surface area contributed by atoms with Gasteiger partial charge in [-0.15, -0.1) is 0 Å². The van der Waals surface area contributed by atoms with E-state index >= 15 is 0 Å². The van der Waals surface area contributed by atoms with Crippen molar-refractivity contribution in [3.63, 3.8) is 0 Å². The molecule has 0 bridgehead atoms. The molecule has 1 amide bonds. The van der Waals surface area contributed by atoms with E-state index in [0.29, 0.717) is 18.8 Å². The fourth-order valence-electron chi connectivity index (χ4n) is 3.72. The third-order valence-corrected chi connectivity index (χ3v) is 5.15. The van der Waals surface area contributed by atoms with Crippen molar-refractivity contribution in [3.05, 3.63) is 72.3 Å². The number of hydrogen-bond donors (Lipinski definition) is 1. The van der Waals surface area contributed by atoms with E-state index < -0.39 is 0 Å². The highest BCUT2D eigenvalue weighted by molar-refractivity contribution is 5.78. The van der Waals surface area contributed by atoms with Crippen molar-refractivity contribution in [2.45, 2.75) is 32.0 Å². The first-order valence-corrected chi connectivity index (χ1v) is 10.1. The summed E-state index contributed by atoms with van der Waals surface area (Å²) in [5.74, 6) is 1.52. The molecule has 0 radical (unpaired) electrons. The number of aromatic nitrogens is 3. The van der Waals surface area contributed by atoms with Crippen molar-refractivity contribution in [3.8, 4) is 17.1 Å². The van der Waals surface area contributed by atoms with Crippen molar-refractivity contribution in [2.75, 3.05) is 13.7 Å². The van der Waals surface area contributed by atoms with Crippen LogP contribution in [0.3, 0.4) is 0 Å². The van der Waals surface area contributed by atoms with Crippen molar-refractivity contribution in [1.82, 2.24) is 25.2 Å². The summed E-state index contributed by atoms with van der Waals surface area (Å²) in [6.45, 7) is 2.21. The van der Waals surface area contributed by atoms with Crippen molar-refractivity contribution < 1.29 is 9.53 Å². The average molecular weight is 403 g/mol. The Hall–Kier alpha value is -3.32. The number of para-hydroxylation sites is 1. The zero-order valence-electron chi connectivity index (χ0n) is 17.0. The van der Waals surface area contributed by atoms with Crippen LogP contribution in [-0.2, 0) is 17.9 Å². The average Bonchev–Trinajstić information content (AvgIpc) is 3.19. The predicted molar refractivity (Wildman–Crippen MR) is 114 cm³/mol. The first-order chi connectivity index (χ1) is 14.7. The van der Waals surface area contributed by atoms with Crippen LogP contribution in [0.2, 0.25) is 0 Å². The van der Waals surface area contributed by atoms with Crippen LogP contribution in [0, 0.1) is 0 Å². The maximum absolute atomic E-state index is 11.6. The SMILES string of the molecule is COc1ccccc1-c1ncc(CN(Cc2cccnc2)C[C@@H]2CCC(=O)N2)cn1. The van der Waals surface area contributed by atoms with Gasteiger partial charge in [-0.1, -0.05) is 18.2 Å². The lowest BCUT2D eigenvalue weighted by molar-refractivity contribution is -0.119. The molecular weight excluding hydrogens is 378 g/mol. The van der Waals surface area contributed by atoms with E-state index in [0.717, 1.165) is 42.0 Å². The molecule has 1 atom stereocenters. The Morgan fingerprint density at radius 1 is 1.07 bits per heavy atom. The largest absolute Gasteiger partial charge is 0.496 e. The Morgan fingerprint density at radius 3 is 2.57 bits per heavy atom. The first kappa shape index (κ1) is 20.0. The molecule has 7 heteroatoms. The molecule has 0 spiro atoms. The van der Waals surface area contributed by atoms with E-state index in [1.165, 1.54) is 0 Å². The number of methoxy groups -OCH3 is 1. The molecule has 1 aliphatic heterocycles. The highest BCUT2D eigenvalue weighted by atomic mass is 16.5. The Bertz CT molecular complexity index is 978. The Balaban J connectivity index is 1.49. The number of nitrogens with zero attached hydrogens (tertiary/aromatic N) is 4. The normalized spacial score (nSPS) is 15.9. The van der Waals surface area contributed by atoms with Gasteiger partial charge >= 0.3 is 0 Å². The number of nitrogens with one attached hydrogen (secondary N) is 1. The lowest BCUT2D eigenvalue weighted by Crippen LogP contribution is -2.38. The molecule has 0 saturated carbocycles. The van der Waals surface area contributed by atoms with E-state index in [2.05, 4.69) is 31.2 Å².